The minimum Gasteiger partial charge on any atom is -0.494 e. The van der Waals surface area contributed by atoms with Crippen molar-refractivity contribution in [2.24, 2.45) is 0 Å². The lowest BCUT2D eigenvalue weighted by molar-refractivity contribution is 0.340. The fraction of sp³-hybridized carbons (Fsp3) is 0.304. The number of benzene rings is 2. The topological polar surface area (TPSA) is 41.5 Å². The summed E-state index contributed by atoms with van der Waals surface area (Å²) in [6.45, 7) is 8.63. The molecule has 3 aromatic rings. The Bertz CT molecular complexity index is 901. The normalized spacial score (nSPS) is 14.2. The summed E-state index contributed by atoms with van der Waals surface area (Å²) in [5.41, 5.74) is 4.53. The molecule has 1 saturated heterocycles. The first-order valence-corrected chi connectivity index (χ1v) is 9.85. The summed E-state index contributed by atoms with van der Waals surface area (Å²) in [6.07, 6.45) is 3.68. The third-order valence-corrected chi connectivity index (χ3v) is 5.09. The molecule has 0 saturated carbocycles. The molecule has 1 aromatic heterocycles. The standard InChI is InChI=1S/C23H26N4O/c1-3-28-21-10-6-19(7-11-21)22-16-24-17-23(25-22)27-14-12-26(13-15-27)20-8-4-18(2)5-9-20/h4-11,16-17H,3,12-15H2,1-2H3. The van der Waals surface area contributed by atoms with Crippen molar-refractivity contribution in [2.45, 2.75) is 13.8 Å². The maximum Gasteiger partial charge on any atom is 0.147 e. The molecular formula is C23H26N4O. The van der Waals surface area contributed by atoms with Crippen molar-refractivity contribution in [3.8, 4) is 17.0 Å². The van der Waals surface area contributed by atoms with Gasteiger partial charge < -0.3 is 14.5 Å². The zero-order valence-electron chi connectivity index (χ0n) is 16.5. The molecule has 2 heterocycles. The Balaban J connectivity index is 1.44. The lowest BCUT2D eigenvalue weighted by Gasteiger charge is -2.36. The van der Waals surface area contributed by atoms with E-state index < -0.39 is 0 Å². The number of ether oxygens (including phenoxy) is 1. The van der Waals surface area contributed by atoms with Gasteiger partial charge in [0.05, 0.1) is 24.7 Å². The van der Waals surface area contributed by atoms with Crippen LogP contribution in [0.5, 0.6) is 5.75 Å². The Morgan fingerprint density at radius 2 is 1.54 bits per heavy atom. The van der Waals surface area contributed by atoms with Crippen LogP contribution in [0.25, 0.3) is 11.3 Å². The van der Waals surface area contributed by atoms with E-state index in [0.717, 1.165) is 49.0 Å². The van der Waals surface area contributed by atoms with E-state index in [-0.39, 0.29) is 0 Å². The van der Waals surface area contributed by atoms with Crippen LogP contribution in [-0.2, 0) is 0 Å². The van der Waals surface area contributed by atoms with E-state index in [1.54, 1.807) is 0 Å². The van der Waals surface area contributed by atoms with Crippen LogP contribution < -0.4 is 14.5 Å². The fourth-order valence-electron chi connectivity index (χ4n) is 3.49. The Hall–Kier alpha value is -3.08. The minimum absolute atomic E-state index is 0.670. The predicted molar refractivity (Wildman–Crippen MR) is 114 cm³/mol. The first-order valence-electron chi connectivity index (χ1n) is 9.85. The van der Waals surface area contributed by atoms with Gasteiger partial charge in [-0.25, -0.2) is 4.98 Å². The average molecular weight is 374 g/mol. The Labute approximate surface area is 166 Å². The van der Waals surface area contributed by atoms with Crippen LogP contribution >= 0.6 is 0 Å². The Morgan fingerprint density at radius 3 is 2.21 bits per heavy atom. The van der Waals surface area contributed by atoms with Crippen molar-refractivity contribution in [3.63, 3.8) is 0 Å². The van der Waals surface area contributed by atoms with Crippen LogP contribution in [0.2, 0.25) is 0 Å². The molecule has 5 heteroatoms. The quantitative estimate of drug-likeness (QED) is 0.670. The number of anilines is 2. The van der Waals surface area contributed by atoms with Crippen molar-refractivity contribution in [1.29, 1.82) is 0 Å². The highest BCUT2D eigenvalue weighted by Crippen LogP contribution is 2.24. The summed E-state index contributed by atoms with van der Waals surface area (Å²) in [6, 6.07) is 16.8. The average Bonchev–Trinajstić information content (AvgIpc) is 2.75. The first kappa shape index (κ1) is 18.3. The van der Waals surface area contributed by atoms with Crippen molar-refractivity contribution in [1.82, 2.24) is 9.97 Å². The highest BCUT2D eigenvalue weighted by Gasteiger charge is 2.19. The van der Waals surface area contributed by atoms with E-state index in [9.17, 15) is 0 Å². The third-order valence-electron chi connectivity index (χ3n) is 5.09. The van der Waals surface area contributed by atoms with Crippen LogP contribution in [0.1, 0.15) is 12.5 Å². The number of nitrogens with zero attached hydrogens (tertiary/aromatic N) is 4. The van der Waals surface area contributed by atoms with Crippen LogP contribution in [0.4, 0.5) is 11.5 Å². The molecule has 0 amide bonds. The lowest BCUT2D eigenvalue weighted by Crippen LogP contribution is -2.46. The molecule has 0 aliphatic carbocycles. The van der Waals surface area contributed by atoms with Crippen LogP contribution in [-0.4, -0.2) is 42.8 Å². The molecule has 1 aliphatic heterocycles. The van der Waals surface area contributed by atoms with Gasteiger partial charge in [0, 0.05) is 37.4 Å². The summed E-state index contributed by atoms with van der Waals surface area (Å²) >= 11 is 0. The summed E-state index contributed by atoms with van der Waals surface area (Å²) in [7, 11) is 0. The molecule has 0 unspecified atom stereocenters. The van der Waals surface area contributed by atoms with Gasteiger partial charge in [-0.3, -0.25) is 4.98 Å². The molecule has 0 atom stereocenters. The zero-order chi connectivity index (χ0) is 19.3. The van der Waals surface area contributed by atoms with Gasteiger partial charge in [-0.05, 0) is 50.2 Å². The SMILES string of the molecule is CCOc1ccc(-c2cncc(N3CCN(c4ccc(C)cc4)CC3)n2)cc1. The highest BCUT2D eigenvalue weighted by molar-refractivity contribution is 5.61. The molecule has 144 valence electrons. The molecule has 1 aliphatic rings. The summed E-state index contributed by atoms with van der Waals surface area (Å²) < 4.78 is 5.52. The van der Waals surface area contributed by atoms with Crippen LogP contribution in [0.3, 0.4) is 0 Å². The molecule has 0 radical (unpaired) electrons. The van der Waals surface area contributed by atoms with Gasteiger partial charge in [0.2, 0.25) is 0 Å². The van der Waals surface area contributed by atoms with Gasteiger partial charge in [-0.15, -0.1) is 0 Å². The summed E-state index contributed by atoms with van der Waals surface area (Å²) in [5.74, 6) is 1.82. The minimum atomic E-state index is 0.670. The zero-order valence-corrected chi connectivity index (χ0v) is 16.5. The second-order valence-corrected chi connectivity index (χ2v) is 7.03. The van der Waals surface area contributed by atoms with E-state index in [1.807, 2.05) is 43.6 Å². The van der Waals surface area contributed by atoms with Gasteiger partial charge in [-0.2, -0.15) is 0 Å². The Kier molecular flexibility index (Phi) is 5.42. The molecule has 0 bridgehead atoms. The van der Waals surface area contributed by atoms with Crippen LogP contribution in [0.15, 0.2) is 60.9 Å². The second-order valence-electron chi connectivity index (χ2n) is 7.03. The van der Waals surface area contributed by atoms with E-state index in [1.165, 1.54) is 11.3 Å². The van der Waals surface area contributed by atoms with Gasteiger partial charge in [-0.1, -0.05) is 17.7 Å². The molecule has 0 spiro atoms. The number of hydrogen-bond donors (Lipinski definition) is 0. The van der Waals surface area contributed by atoms with E-state index in [4.69, 9.17) is 9.72 Å². The maximum atomic E-state index is 5.52. The van der Waals surface area contributed by atoms with Gasteiger partial charge >= 0.3 is 0 Å². The van der Waals surface area contributed by atoms with E-state index >= 15 is 0 Å². The molecule has 28 heavy (non-hydrogen) atoms. The van der Waals surface area contributed by atoms with Crippen molar-refractivity contribution in [2.75, 3.05) is 42.6 Å². The largest absolute Gasteiger partial charge is 0.494 e. The smallest absolute Gasteiger partial charge is 0.147 e. The van der Waals surface area contributed by atoms with Gasteiger partial charge in [0.25, 0.3) is 0 Å². The van der Waals surface area contributed by atoms with Crippen LogP contribution in [0, 0.1) is 6.92 Å². The van der Waals surface area contributed by atoms with Gasteiger partial charge in [0.1, 0.15) is 11.6 Å². The highest BCUT2D eigenvalue weighted by atomic mass is 16.5. The molecule has 5 nitrogen and oxygen atoms in total. The number of piperazine rings is 1. The lowest BCUT2D eigenvalue weighted by atomic mass is 10.1. The molecular weight excluding hydrogens is 348 g/mol. The van der Waals surface area contributed by atoms with E-state index in [2.05, 4.69) is 46.0 Å². The Morgan fingerprint density at radius 1 is 0.857 bits per heavy atom. The predicted octanol–water partition coefficient (Wildman–Crippen LogP) is 4.18. The number of aromatic nitrogens is 2. The molecule has 4 rings (SSSR count). The summed E-state index contributed by atoms with van der Waals surface area (Å²) in [4.78, 5) is 14.0. The van der Waals surface area contributed by atoms with E-state index in [0.29, 0.717) is 6.61 Å². The maximum absolute atomic E-state index is 5.52. The number of hydrogen-bond acceptors (Lipinski definition) is 5. The second kappa shape index (κ2) is 8.30. The molecule has 0 N–H and O–H groups in total. The van der Waals surface area contributed by atoms with Crippen molar-refractivity contribution >= 4 is 11.5 Å². The van der Waals surface area contributed by atoms with Crippen molar-refractivity contribution < 1.29 is 4.74 Å². The monoisotopic (exact) mass is 374 g/mol. The van der Waals surface area contributed by atoms with Crippen molar-refractivity contribution in [3.05, 3.63) is 66.5 Å². The third kappa shape index (κ3) is 4.09. The molecule has 1 fully saturated rings. The number of rotatable bonds is 5. The first-order chi connectivity index (χ1) is 13.7. The fourth-order valence-corrected chi connectivity index (χ4v) is 3.49. The number of aryl methyl sites for hydroxylation is 1. The van der Waals surface area contributed by atoms with Gasteiger partial charge in [0.15, 0.2) is 0 Å². The molecule has 2 aromatic carbocycles. The summed E-state index contributed by atoms with van der Waals surface area (Å²) in [5, 5.41) is 0.